The van der Waals surface area contributed by atoms with Gasteiger partial charge in [-0.25, -0.2) is 8.78 Å². The number of aromatic amines is 1. The fraction of sp³-hybridized carbons (Fsp3) is 0.0909. The maximum Gasteiger partial charge on any atom is 0.573 e. The second kappa shape index (κ2) is 8.77. The van der Waals surface area contributed by atoms with Crippen LogP contribution in [0.2, 0.25) is 0 Å². The number of carbonyl (C=O) groups excluding carboxylic acids is 1. The molecule has 1 aromatic heterocycles. The molecule has 0 spiro atoms. The lowest BCUT2D eigenvalue weighted by Crippen LogP contribution is -2.17. The van der Waals surface area contributed by atoms with Crippen LogP contribution >= 0.6 is 0 Å². The van der Waals surface area contributed by atoms with Gasteiger partial charge in [0.2, 0.25) is 0 Å². The second-order valence-electron chi connectivity index (χ2n) is 6.79. The molecular weight excluding hydrogens is 449 g/mol. The van der Waals surface area contributed by atoms with Crippen molar-refractivity contribution in [2.24, 2.45) is 0 Å². The predicted octanol–water partition coefficient (Wildman–Crippen LogP) is 5.57. The number of nitrogens with one attached hydrogen (secondary N) is 2. The van der Waals surface area contributed by atoms with Crippen molar-refractivity contribution >= 4 is 22.6 Å². The van der Waals surface area contributed by atoms with Crippen LogP contribution in [0.1, 0.15) is 15.9 Å². The van der Waals surface area contributed by atoms with Gasteiger partial charge in [-0.05, 0) is 54.6 Å². The Labute approximate surface area is 182 Å². The number of hydrogen-bond donors (Lipinski definition) is 2. The average molecular weight is 463 g/mol. The van der Waals surface area contributed by atoms with E-state index in [4.69, 9.17) is 4.74 Å². The van der Waals surface area contributed by atoms with E-state index >= 15 is 0 Å². The Hall–Kier alpha value is -4.15. The molecule has 4 aromatic rings. The molecule has 0 bridgehead atoms. The molecule has 4 rings (SSSR count). The molecule has 0 atom stereocenters. The van der Waals surface area contributed by atoms with E-state index in [2.05, 4.69) is 20.3 Å². The zero-order valence-electron chi connectivity index (χ0n) is 16.5. The summed E-state index contributed by atoms with van der Waals surface area (Å²) < 4.78 is 73.6. The van der Waals surface area contributed by atoms with Crippen molar-refractivity contribution in [3.8, 4) is 11.5 Å². The van der Waals surface area contributed by atoms with E-state index in [1.807, 2.05) is 0 Å². The van der Waals surface area contributed by atoms with Crippen LogP contribution in [-0.2, 0) is 6.61 Å². The fourth-order valence-corrected chi connectivity index (χ4v) is 2.99. The lowest BCUT2D eigenvalue weighted by molar-refractivity contribution is -0.274. The Kier molecular flexibility index (Phi) is 5.86. The number of fused-ring (bicyclic) bond motifs is 1. The summed E-state index contributed by atoms with van der Waals surface area (Å²) in [5.41, 5.74) is 0.392. The summed E-state index contributed by atoms with van der Waals surface area (Å²) in [6.07, 6.45) is -4.84. The number of H-pyrrole nitrogens is 1. The number of nitrogens with zero attached hydrogens (tertiary/aromatic N) is 1. The molecule has 0 aliphatic carbocycles. The highest BCUT2D eigenvalue weighted by atomic mass is 19.4. The average Bonchev–Trinajstić information content (AvgIpc) is 3.15. The van der Waals surface area contributed by atoms with Gasteiger partial charge in [-0.15, -0.1) is 13.2 Å². The number of halogens is 5. The largest absolute Gasteiger partial charge is 0.573 e. The third kappa shape index (κ3) is 5.20. The summed E-state index contributed by atoms with van der Waals surface area (Å²) in [4.78, 5) is 12.5. The molecule has 0 aliphatic heterocycles. The smallest absolute Gasteiger partial charge is 0.489 e. The van der Waals surface area contributed by atoms with Crippen molar-refractivity contribution in [3.05, 3.63) is 83.4 Å². The lowest BCUT2D eigenvalue weighted by atomic mass is 10.2. The molecule has 3 aromatic carbocycles. The molecular formula is C22H14F5N3O3. The summed E-state index contributed by atoms with van der Waals surface area (Å²) in [5, 5.41) is 9.72. The van der Waals surface area contributed by atoms with Crippen molar-refractivity contribution in [1.82, 2.24) is 10.2 Å². The van der Waals surface area contributed by atoms with Crippen LogP contribution in [0.5, 0.6) is 11.5 Å². The van der Waals surface area contributed by atoms with Crippen LogP contribution in [0, 0.1) is 11.6 Å². The molecule has 0 saturated heterocycles. The highest BCUT2D eigenvalue weighted by Crippen LogP contribution is 2.27. The molecule has 0 fully saturated rings. The molecule has 0 unspecified atom stereocenters. The first-order valence-electron chi connectivity index (χ1n) is 9.40. The first-order chi connectivity index (χ1) is 15.7. The van der Waals surface area contributed by atoms with Gasteiger partial charge in [0.25, 0.3) is 5.91 Å². The number of aromatic nitrogens is 2. The highest BCUT2D eigenvalue weighted by Gasteiger charge is 2.31. The van der Waals surface area contributed by atoms with Crippen LogP contribution in [0.3, 0.4) is 0 Å². The molecule has 0 aliphatic rings. The van der Waals surface area contributed by atoms with E-state index in [0.29, 0.717) is 10.9 Å². The molecule has 170 valence electrons. The number of rotatable bonds is 6. The van der Waals surface area contributed by atoms with Gasteiger partial charge in [0, 0.05) is 10.9 Å². The number of carbonyl (C=O) groups is 1. The number of alkyl halides is 3. The van der Waals surface area contributed by atoms with Gasteiger partial charge in [-0.1, -0.05) is 6.07 Å². The first kappa shape index (κ1) is 22.1. The van der Waals surface area contributed by atoms with Gasteiger partial charge >= 0.3 is 6.36 Å². The van der Waals surface area contributed by atoms with Crippen LogP contribution in [0.4, 0.5) is 27.8 Å². The summed E-state index contributed by atoms with van der Waals surface area (Å²) >= 11 is 0. The zero-order valence-corrected chi connectivity index (χ0v) is 16.5. The van der Waals surface area contributed by atoms with Crippen LogP contribution in [0.25, 0.3) is 10.9 Å². The van der Waals surface area contributed by atoms with Gasteiger partial charge in [-0.2, -0.15) is 5.10 Å². The summed E-state index contributed by atoms with van der Waals surface area (Å²) in [7, 11) is 0. The maximum atomic E-state index is 13.8. The number of anilines is 1. The van der Waals surface area contributed by atoms with Crippen molar-refractivity contribution in [2.75, 3.05) is 5.32 Å². The SMILES string of the molecule is O=C(Nc1n[nH]c2ccc(OCc3c(F)cccc3F)cc12)c1ccc(OC(F)(F)F)cc1. The molecule has 33 heavy (non-hydrogen) atoms. The van der Waals surface area contributed by atoms with E-state index < -0.39 is 29.7 Å². The van der Waals surface area contributed by atoms with E-state index in [9.17, 15) is 26.7 Å². The summed E-state index contributed by atoms with van der Waals surface area (Å²) in [6.45, 7) is -0.351. The standard InChI is InChI=1S/C22H14F5N3O3/c23-17-2-1-3-18(24)16(17)11-32-14-8-9-19-15(10-14)20(30-29-19)28-21(31)12-4-6-13(7-5-12)33-22(25,26)27/h1-10H,11H2,(H2,28,29,30,31). The van der Waals surface area contributed by atoms with E-state index in [-0.39, 0.29) is 29.3 Å². The summed E-state index contributed by atoms with van der Waals surface area (Å²) in [5.74, 6) is -2.15. The van der Waals surface area contributed by atoms with E-state index in [1.165, 1.54) is 24.3 Å². The number of ether oxygens (including phenoxy) is 2. The number of hydrogen-bond acceptors (Lipinski definition) is 4. The predicted molar refractivity (Wildman–Crippen MR) is 108 cm³/mol. The molecule has 0 saturated carbocycles. The summed E-state index contributed by atoms with van der Waals surface area (Å²) in [6, 6.07) is 12.5. The Bertz CT molecular complexity index is 1280. The monoisotopic (exact) mass is 463 g/mol. The normalized spacial score (nSPS) is 11.4. The van der Waals surface area contributed by atoms with Crippen LogP contribution in [-0.4, -0.2) is 22.5 Å². The quantitative estimate of drug-likeness (QED) is 0.367. The lowest BCUT2D eigenvalue weighted by Gasteiger charge is -2.09. The molecule has 1 heterocycles. The molecule has 2 N–H and O–H groups in total. The van der Waals surface area contributed by atoms with Crippen molar-refractivity contribution in [2.45, 2.75) is 13.0 Å². The molecule has 11 heteroatoms. The molecule has 0 radical (unpaired) electrons. The molecule has 1 amide bonds. The van der Waals surface area contributed by atoms with Crippen LogP contribution < -0.4 is 14.8 Å². The Balaban J connectivity index is 1.49. The zero-order chi connectivity index (χ0) is 23.6. The Morgan fingerprint density at radius 3 is 2.30 bits per heavy atom. The van der Waals surface area contributed by atoms with Gasteiger partial charge in [-0.3, -0.25) is 9.89 Å². The van der Waals surface area contributed by atoms with Crippen LogP contribution in [0.15, 0.2) is 60.7 Å². The van der Waals surface area contributed by atoms with Gasteiger partial charge < -0.3 is 14.8 Å². The third-order valence-corrected chi connectivity index (χ3v) is 4.56. The Morgan fingerprint density at radius 1 is 0.970 bits per heavy atom. The molecule has 6 nitrogen and oxygen atoms in total. The fourth-order valence-electron chi connectivity index (χ4n) is 2.99. The maximum absolute atomic E-state index is 13.8. The van der Waals surface area contributed by atoms with Gasteiger partial charge in [0.05, 0.1) is 11.1 Å². The van der Waals surface area contributed by atoms with Crippen molar-refractivity contribution < 1.29 is 36.2 Å². The minimum absolute atomic E-state index is 0.0723. The number of benzene rings is 3. The van der Waals surface area contributed by atoms with Crippen molar-refractivity contribution in [1.29, 1.82) is 0 Å². The highest BCUT2D eigenvalue weighted by molar-refractivity contribution is 6.08. The third-order valence-electron chi connectivity index (χ3n) is 4.56. The van der Waals surface area contributed by atoms with Crippen molar-refractivity contribution in [3.63, 3.8) is 0 Å². The van der Waals surface area contributed by atoms with E-state index in [1.54, 1.807) is 12.1 Å². The first-order valence-corrected chi connectivity index (χ1v) is 9.40. The second-order valence-corrected chi connectivity index (χ2v) is 6.79. The minimum Gasteiger partial charge on any atom is -0.489 e. The minimum atomic E-state index is -4.84. The van der Waals surface area contributed by atoms with E-state index in [0.717, 1.165) is 24.3 Å². The number of amides is 1. The van der Waals surface area contributed by atoms with Gasteiger partial charge in [0.15, 0.2) is 5.82 Å². The topological polar surface area (TPSA) is 76.2 Å². The Morgan fingerprint density at radius 2 is 1.64 bits per heavy atom. The van der Waals surface area contributed by atoms with Gasteiger partial charge in [0.1, 0.15) is 29.7 Å².